The van der Waals surface area contributed by atoms with E-state index >= 15 is 0 Å². The van der Waals surface area contributed by atoms with E-state index in [1.165, 1.54) is 32.6 Å². The van der Waals surface area contributed by atoms with Gasteiger partial charge in [0.2, 0.25) is 0 Å². The normalized spacial score (nSPS) is 11.6. The number of hydrogen-bond donors (Lipinski definition) is 0. The fourth-order valence-corrected chi connectivity index (χ4v) is 8.73. The molecule has 0 aliphatic heterocycles. The standard InChI is InChI=1S/C50H29N5/c1-51-33-24-28-47(54-46-20-10-6-15-39(46)42-31-34(52-2)25-29-48(42)54)41(30-33)32-22-26-35(27-23-32)53-43-17-7-5-14-38(43)40-16-11-21-49(50(40)53)55-44-18-8-3-12-36(44)37-13-4-9-19-45(37)55/h3-31H. The van der Waals surface area contributed by atoms with Gasteiger partial charge in [-0.3, -0.25) is 0 Å². The molecular weight excluding hydrogens is 671 g/mol. The summed E-state index contributed by atoms with van der Waals surface area (Å²) in [6.45, 7) is 15.5. The molecule has 254 valence electrons. The molecule has 8 aromatic carbocycles. The number of para-hydroxylation sites is 5. The summed E-state index contributed by atoms with van der Waals surface area (Å²) < 4.78 is 7.07. The molecule has 0 fully saturated rings. The summed E-state index contributed by atoms with van der Waals surface area (Å²) in [4.78, 5) is 7.55. The Bertz CT molecular complexity index is 3400. The summed E-state index contributed by atoms with van der Waals surface area (Å²) in [7, 11) is 0. The summed E-state index contributed by atoms with van der Waals surface area (Å²) >= 11 is 0. The third-order valence-corrected chi connectivity index (χ3v) is 11.1. The highest BCUT2D eigenvalue weighted by Crippen LogP contribution is 2.42. The fourth-order valence-electron chi connectivity index (χ4n) is 8.73. The van der Waals surface area contributed by atoms with Crippen molar-refractivity contribution in [3.8, 4) is 28.2 Å². The summed E-state index contributed by atoms with van der Waals surface area (Å²) in [6.07, 6.45) is 0. The largest absolute Gasteiger partial charge is 0.309 e. The predicted octanol–water partition coefficient (Wildman–Crippen LogP) is 13.7. The van der Waals surface area contributed by atoms with Crippen molar-refractivity contribution >= 4 is 76.8 Å². The van der Waals surface area contributed by atoms with Gasteiger partial charge in [0.25, 0.3) is 0 Å². The van der Waals surface area contributed by atoms with Crippen LogP contribution in [0, 0.1) is 13.1 Å². The van der Waals surface area contributed by atoms with Gasteiger partial charge in [0.15, 0.2) is 11.4 Å². The van der Waals surface area contributed by atoms with Crippen LogP contribution in [0.4, 0.5) is 11.4 Å². The Kier molecular flexibility index (Phi) is 6.61. The molecule has 3 heterocycles. The average Bonchev–Trinajstić information content (AvgIpc) is 3.89. The van der Waals surface area contributed by atoms with Gasteiger partial charge in [0.1, 0.15) is 0 Å². The molecule has 0 aliphatic rings. The number of nitrogens with zero attached hydrogens (tertiary/aromatic N) is 5. The van der Waals surface area contributed by atoms with Crippen molar-refractivity contribution in [2.75, 3.05) is 0 Å². The Balaban J connectivity index is 1.14. The molecule has 11 rings (SSSR count). The summed E-state index contributed by atoms with van der Waals surface area (Å²) in [6, 6.07) is 61.5. The zero-order valence-corrected chi connectivity index (χ0v) is 29.5. The number of fused-ring (bicyclic) bond motifs is 9. The lowest BCUT2D eigenvalue weighted by molar-refractivity contribution is 1.13. The molecule has 0 atom stereocenters. The van der Waals surface area contributed by atoms with Gasteiger partial charge in [-0.25, -0.2) is 9.69 Å². The van der Waals surface area contributed by atoms with Crippen LogP contribution in [0.3, 0.4) is 0 Å². The Labute approximate surface area is 316 Å². The lowest BCUT2D eigenvalue weighted by atomic mass is 10.0. The van der Waals surface area contributed by atoms with Crippen LogP contribution in [0.1, 0.15) is 0 Å². The van der Waals surface area contributed by atoms with Crippen LogP contribution < -0.4 is 0 Å². The first-order valence-electron chi connectivity index (χ1n) is 18.3. The molecule has 0 spiro atoms. The van der Waals surface area contributed by atoms with Crippen molar-refractivity contribution in [3.63, 3.8) is 0 Å². The van der Waals surface area contributed by atoms with Crippen molar-refractivity contribution in [1.82, 2.24) is 13.7 Å². The molecule has 0 unspecified atom stereocenters. The Morgan fingerprint density at radius 1 is 0.345 bits per heavy atom. The first kappa shape index (κ1) is 30.7. The maximum absolute atomic E-state index is 7.90. The molecule has 0 N–H and O–H groups in total. The predicted molar refractivity (Wildman–Crippen MR) is 227 cm³/mol. The van der Waals surface area contributed by atoms with Gasteiger partial charge in [-0.1, -0.05) is 109 Å². The van der Waals surface area contributed by atoms with Gasteiger partial charge in [-0.2, -0.15) is 0 Å². The maximum Gasteiger partial charge on any atom is 0.188 e. The van der Waals surface area contributed by atoms with E-state index in [1.54, 1.807) is 0 Å². The van der Waals surface area contributed by atoms with Crippen molar-refractivity contribution in [3.05, 3.63) is 199 Å². The van der Waals surface area contributed by atoms with E-state index in [2.05, 4.69) is 163 Å². The van der Waals surface area contributed by atoms with Gasteiger partial charge in [-0.05, 0) is 83.2 Å². The fraction of sp³-hybridized carbons (Fsp3) is 0. The van der Waals surface area contributed by atoms with E-state index < -0.39 is 0 Å². The minimum absolute atomic E-state index is 0.581. The van der Waals surface area contributed by atoms with Crippen molar-refractivity contribution in [2.45, 2.75) is 0 Å². The first-order valence-corrected chi connectivity index (χ1v) is 18.3. The molecule has 0 radical (unpaired) electrons. The second-order valence-corrected chi connectivity index (χ2v) is 13.9. The lowest BCUT2D eigenvalue weighted by Gasteiger charge is -2.17. The van der Waals surface area contributed by atoms with Gasteiger partial charge in [0, 0.05) is 32.6 Å². The van der Waals surface area contributed by atoms with E-state index in [0.717, 1.165) is 61.0 Å². The molecule has 0 saturated carbocycles. The zero-order valence-electron chi connectivity index (χ0n) is 29.5. The smallest absolute Gasteiger partial charge is 0.188 e. The molecule has 11 aromatic rings. The molecule has 0 saturated heterocycles. The van der Waals surface area contributed by atoms with E-state index in [1.807, 2.05) is 36.4 Å². The summed E-state index contributed by atoms with van der Waals surface area (Å²) in [5.41, 5.74) is 13.0. The lowest BCUT2D eigenvalue weighted by Crippen LogP contribution is -2.01. The van der Waals surface area contributed by atoms with Crippen LogP contribution >= 0.6 is 0 Å². The Morgan fingerprint density at radius 3 is 1.44 bits per heavy atom. The average molecular weight is 700 g/mol. The van der Waals surface area contributed by atoms with Crippen LogP contribution in [0.5, 0.6) is 0 Å². The van der Waals surface area contributed by atoms with Crippen LogP contribution in [0.15, 0.2) is 176 Å². The maximum atomic E-state index is 7.90. The van der Waals surface area contributed by atoms with Crippen LogP contribution in [-0.4, -0.2) is 13.7 Å². The zero-order chi connectivity index (χ0) is 36.6. The molecular formula is C50H29N5. The number of aromatic nitrogens is 3. The minimum Gasteiger partial charge on any atom is -0.309 e. The van der Waals surface area contributed by atoms with Gasteiger partial charge in [-0.15, -0.1) is 0 Å². The van der Waals surface area contributed by atoms with Crippen molar-refractivity contribution in [2.24, 2.45) is 0 Å². The molecule has 0 bridgehead atoms. The third-order valence-electron chi connectivity index (χ3n) is 11.1. The van der Waals surface area contributed by atoms with Gasteiger partial charge >= 0.3 is 0 Å². The quantitative estimate of drug-likeness (QED) is 0.163. The SMILES string of the molecule is [C-]#[N+]c1ccc(-n2c3ccccc3c3cc([N+]#[C-])ccc32)c(-c2ccc(-n3c4ccccc4c4cccc(-n5c6ccccc6c6ccccc65)c43)cc2)c1. The monoisotopic (exact) mass is 699 g/mol. The Morgan fingerprint density at radius 2 is 0.818 bits per heavy atom. The summed E-state index contributed by atoms with van der Waals surface area (Å²) in [5.74, 6) is 0. The molecule has 5 heteroatoms. The molecule has 3 aromatic heterocycles. The highest BCUT2D eigenvalue weighted by atomic mass is 15.1. The Hall–Kier alpha value is -7.86. The molecule has 55 heavy (non-hydrogen) atoms. The second kappa shape index (κ2) is 11.8. The van der Waals surface area contributed by atoms with Crippen molar-refractivity contribution in [1.29, 1.82) is 0 Å². The highest BCUT2D eigenvalue weighted by Gasteiger charge is 2.21. The second-order valence-electron chi connectivity index (χ2n) is 13.9. The van der Waals surface area contributed by atoms with Gasteiger partial charge in [0.05, 0.1) is 57.6 Å². The van der Waals surface area contributed by atoms with Crippen LogP contribution in [0.2, 0.25) is 0 Å². The van der Waals surface area contributed by atoms with Crippen LogP contribution in [-0.2, 0) is 0 Å². The van der Waals surface area contributed by atoms with Gasteiger partial charge < -0.3 is 13.7 Å². The van der Waals surface area contributed by atoms with E-state index in [0.29, 0.717) is 11.4 Å². The number of benzene rings is 8. The highest BCUT2D eigenvalue weighted by molar-refractivity contribution is 6.15. The van der Waals surface area contributed by atoms with E-state index in [9.17, 15) is 0 Å². The summed E-state index contributed by atoms with van der Waals surface area (Å²) in [5, 5.41) is 6.97. The number of hydrogen-bond acceptors (Lipinski definition) is 0. The third kappa shape index (κ3) is 4.45. The van der Waals surface area contributed by atoms with E-state index in [-0.39, 0.29) is 0 Å². The minimum atomic E-state index is 0.581. The van der Waals surface area contributed by atoms with Crippen molar-refractivity contribution < 1.29 is 0 Å². The van der Waals surface area contributed by atoms with Crippen LogP contribution in [0.25, 0.3) is 103 Å². The van der Waals surface area contributed by atoms with E-state index in [4.69, 9.17) is 13.1 Å². The number of rotatable bonds is 4. The molecule has 5 nitrogen and oxygen atoms in total. The molecule has 0 aliphatic carbocycles. The topological polar surface area (TPSA) is 23.5 Å². The first-order chi connectivity index (χ1) is 27.2. The molecule has 0 amide bonds.